The fourth-order valence-corrected chi connectivity index (χ4v) is 4.14. The van der Waals surface area contributed by atoms with Gasteiger partial charge in [0.1, 0.15) is 0 Å². The van der Waals surface area contributed by atoms with Crippen LogP contribution in [0.2, 0.25) is 0 Å². The molecule has 4 aromatic carbocycles. The Morgan fingerprint density at radius 1 is 0.538 bits per heavy atom. The first-order valence-corrected chi connectivity index (χ1v) is 8.97. The average molecular weight is 333 g/mol. The van der Waals surface area contributed by atoms with Gasteiger partial charge in [0.25, 0.3) is 0 Å². The van der Waals surface area contributed by atoms with E-state index < -0.39 is 0 Å². The smallest absolute Gasteiger partial charge is 0.0396 e. The van der Waals surface area contributed by atoms with Crippen molar-refractivity contribution in [3.05, 3.63) is 102 Å². The highest BCUT2D eigenvalue weighted by Crippen LogP contribution is 2.47. The third-order valence-corrected chi connectivity index (χ3v) is 5.28. The number of nitrogens with two attached hydrogens (primary N) is 1. The van der Waals surface area contributed by atoms with Crippen LogP contribution < -0.4 is 5.73 Å². The fraction of sp³-hybridized carbons (Fsp3) is 0.0400. The molecule has 1 nitrogen and oxygen atoms in total. The summed E-state index contributed by atoms with van der Waals surface area (Å²) in [5.41, 5.74) is 17.5. The van der Waals surface area contributed by atoms with Gasteiger partial charge in [-0.05, 0) is 51.4 Å². The van der Waals surface area contributed by atoms with Gasteiger partial charge >= 0.3 is 0 Å². The van der Waals surface area contributed by atoms with Crippen molar-refractivity contribution in [2.45, 2.75) is 6.42 Å². The summed E-state index contributed by atoms with van der Waals surface area (Å²) in [4.78, 5) is 0. The van der Waals surface area contributed by atoms with E-state index in [1.165, 1.54) is 44.5 Å². The first-order chi connectivity index (χ1) is 12.8. The van der Waals surface area contributed by atoms with Crippen molar-refractivity contribution in [3.8, 4) is 33.4 Å². The molecule has 124 valence electrons. The highest BCUT2D eigenvalue weighted by Gasteiger charge is 2.25. The molecule has 1 heteroatoms. The maximum Gasteiger partial charge on any atom is 0.0396 e. The molecule has 26 heavy (non-hydrogen) atoms. The Kier molecular flexibility index (Phi) is 3.39. The molecule has 0 aromatic heterocycles. The molecule has 1 aliphatic carbocycles. The van der Waals surface area contributed by atoms with E-state index in [0.29, 0.717) is 0 Å². The largest absolute Gasteiger partial charge is 0.398 e. The molecule has 0 saturated heterocycles. The van der Waals surface area contributed by atoms with Crippen molar-refractivity contribution < 1.29 is 0 Å². The molecular formula is C25H19N. The van der Waals surface area contributed by atoms with E-state index in [2.05, 4.69) is 84.9 Å². The first-order valence-electron chi connectivity index (χ1n) is 8.97. The van der Waals surface area contributed by atoms with Crippen LogP contribution in [0.25, 0.3) is 33.4 Å². The SMILES string of the molecule is Nc1cccc2c1-c1ccc(-c3ccccc3)c(-c3ccccc3)c1C2. The van der Waals surface area contributed by atoms with Crippen molar-refractivity contribution >= 4 is 5.69 Å². The van der Waals surface area contributed by atoms with Crippen molar-refractivity contribution in [1.29, 1.82) is 0 Å². The highest BCUT2D eigenvalue weighted by molar-refractivity contribution is 5.96. The Morgan fingerprint density at radius 2 is 1.19 bits per heavy atom. The molecule has 2 N–H and O–H groups in total. The van der Waals surface area contributed by atoms with Crippen molar-refractivity contribution in [2.75, 3.05) is 5.73 Å². The molecule has 0 fully saturated rings. The number of rotatable bonds is 2. The van der Waals surface area contributed by atoms with Crippen molar-refractivity contribution in [1.82, 2.24) is 0 Å². The first kappa shape index (κ1) is 15.0. The predicted molar refractivity (Wildman–Crippen MR) is 110 cm³/mol. The van der Waals surface area contributed by atoms with E-state index >= 15 is 0 Å². The molecule has 0 bridgehead atoms. The summed E-state index contributed by atoms with van der Waals surface area (Å²) in [6, 6.07) is 32.1. The Balaban J connectivity index is 1.83. The van der Waals surface area contributed by atoms with Crippen LogP contribution >= 0.6 is 0 Å². The molecule has 4 aromatic rings. The third-order valence-electron chi connectivity index (χ3n) is 5.28. The van der Waals surface area contributed by atoms with Gasteiger partial charge in [-0.1, -0.05) is 84.9 Å². The summed E-state index contributed by atoms with van der Waals surface area (Å²) in [5, 5.41) is 0. The molecule has 0 atom stereocenters. The molecule has 0 saturated carbocycles. The normalized spacial score (nSPS) is 11.8. The van der Waals surface area contributed by atoms with Gasteiger partial charge in [0, 0.05) is 11.3 Å². The van der Waals surface area contributed by atoms with E-state index in [0.717, 1.165) is 12.1 Å². The summed E-state index contributed by atoms with van der Waals surface area (Å²) >= 11 is 0. The van der Waals surface area contributed by atoms with Gasteiger partial charge in [0.2, 0.25) is 0 Å². The van der Waals surface area contributed by atoms with E-state index in [4.69, 9.17) is 5.73 Å². The van der Waals surface area contributed by atoms with Gasteiger partial charge in [-0.2, -0.15) is 0 Å². The zero-order chi connectivity index (χ0) is 17.5. The fourth-order valence-electron chi connectivity index (χ4n) is 4.14. The summed E-state index contributed by atoms with van der Waals surface area (Å²) in [5.74, 6) is 0. The van der Waals surface area contributed by atoms with Crippen LogP contribution in [-0.2, 0) is 6.42 Å². The second-order valence-corrected chi connectivity index (χ2v) is 6.80. The molecule has 0 aliphatic heterocycles. The summed E-state index contributed by atoms with van der Waals surface area (Å²) in [6.45, 7) is 0. The molecular weight excluding hydrogens is 314 g/mol. The van der Waals surface area contributed by atoms with Crippen molar-refractivity contribution in [3.63, 3.8) is 0 Å². The number of benzene rings is 4. The second-order valence-electron chi connectivity index (χ2n) is 6.80. The Bertz CT molecular complexity index is 1100. The van der Waals surface area contributed by atoms with Crippen LogP contribution in [-0.4, -0.2) is 0 Å². The lowest BCUT2D eigenvalue weighted by atomic mass is 9.88. The van der Waals surface area contributed by atoms with Gasteiger partial charge in [-0.3, -0.25) is 0 Å². The number of nitrogen functional groups attached to an aromatic ring is 1. The van der Waals surface area contributed by atoms with E-state index in [1.807, 2.05) is 6.07 Å². The predicted octanol–water partition coefficient (Wildman–Crippen LogP) is 6.17. The van der Waals surface area contributed by atoms with E-state index in [-0.39, 0.29) is 0 Å². The number of fused-ring (bicyclic) bond motifs is 3. The quantitative estimate of drug-likeness (QED) is 0.384. The third kappa shape index (κ3) is 2.25. The maximum atomic E-state index is 6.32. The average Bonchev–Trinajstić information content (AvgIpc) is 3.08. The minimum absolute atomic E-state index is 0.868. The molecule has 0 unspecified atom stereocenters. The lowest BCUT2D eigenvalue weighted by Crippen LogP contribution is -1.93. The van der Waals surface area contributed by atoms with Crippen LogP contribution in [0.4, 0.5) is 5.69 Å². The minimum atomic E-state index is 0.868. The monoisotopic (exact) mass is 333 g/mol. The molecule has 1 aliphatic rings. The molecule has 0 amide bonds. The number of hydrogen-bond donors (Lipinski definition) is 1. The molecule has 0 radical (unpaired) electrons. The lowest BCUT2D eigenvalue weighted by Gasteiger charge is -2.16. The Morgan fingerprint density at radius 3 is 1.92 bits per heavy atom. The summed E-state index contributed by atoms with van der Waals surface area (Å²) < 4.78 is 0. The number of hydrogen-bond acceptors (Lipinski definition) is 1. The summed E-state index contributed by atoms with van der Waals surface area (Å²) in [7, 11) is 0. The van der Waals surface area contributed by atoms with E-state index in [9.17, 15) is 0 Å². The Hall–Kier alpha value is -3.32. The van der Waals surface area contributed by atoms with Gasteiger partial charge in [-0.15, -0.1) is 0 Å². The topological polar surface area (TPSA) is 26.0 Å². The lowest BCUT2D eigenvalue weighted by molar-refractivity contribution is 1.26. The maximum absolute atomic E-state index is 6.32. The van der Waals surface area contributed by atoms with Crippen molar-refractivity contribution in [2.24, 2.45) is 0 Å². The van der Waals surface area contributed by atoms with Gasteiger partial charge in [0.05, 0.1) is 0 Å². The zero-order valence-corrected chi connectivity index (χ0v) is 14.4. The van der Waals surface area contributed by atoms with Crippen LogP contribution in [0, 0.1) is 0 Å². The Labute approximate surface area is 153 Å². The summed E-state index contributed by atoms with van der Waals surface area (Å²) in [6.07, 6.45) is 0.931. The van der Waals surface area contributed by atoms with Crippen LogP contribution in [0.3, 0.4) is 0 Å². The van der Waals surface area contributed by atoms with Gasteiger partial charge < -0.3 is 5.73 Å². The standard InChI is InChI=1S/C25H19N/c26-23-13-7-12-19-16-22-21(25(19)23)15-14-20(17-8-3-1-4-9-17)24(22)18-10-5-2-6-11-18/h1-15H,16,26H2. The van der Waals surface area contributed by atoms with Crippen LogP contribution in [0.1, 0.15) is 11.1 Å². The zero-order valence-electron chi connectivity index (χ0n) is 14.4. The molecule has 0 spiro atoms. The van der Waals surface area contributed by atoms with Crippen LogP contribution in [0.5, 0.6) is 0 Å². The second kappa shape index (κ2) is 5.89. The number of anilines is 1. The van der Waals surface area contributed by atoms with Crippen LogP contribution in [0.15, 0.2) is 91.0 Å². The highest BCUT2D eigenvalue weighted by atomic mass is 14.6. The van der Waals surface area contributed by atoms with Gasteiger partial charge in [-0.25, -0.2) is 0 Å². The molecule has 5 rings (SSSR count). The van der Waals surface area contributed by atoms with E-state index in [1.54, 1.807) is 0 Å². The van der Waals surface area contributed by atoms with Gasteiger partial charge in [0.15, 0.2) is 0 Å². The minimum Gasteiger partial charge on any atom is -0.398 e. The molecule has 0 heterocycles.